The molecule has 4 saturated carbocycles. The number of hydrogen-bond acceptors (Lipinski definition) is 11. The molecule has 0 radical (unpaired) electrons. The largest absolute Gasteiger partial charge is 0.489 e. The number of sulfonamides is 1. The molecule has 1 aromatic heterocycles. The van der Waals surface area contributed by atoms with Crippen molar-refractivity contribution in [1.82, 2.24) is 30.1 Å². The molecule has 3 N–H and O–H groups in total. The summed E-state index contributed by atoms with van der Waals surface area (Å²) in [6.07, 6.45) is 10.9. The molecule has 348 valence electrons. The Labute approximate surface area is 375 Å². The highest BCUT2D eigenvalue weighted by atomic mass is 32.2. The topological polar surface area (TPSA) is 186 Å². The van der Waals surface area contributed by atoms with Crippen LogP contribution in [0, 0.1) is 23.6 Å². The quantitative estimate of drug-likeness (QED) is 0.273. The zero-order valence-corrected chi connectivity index (χ0v) is 37.9. The number of halogens is 1. The van der Waals surface area contributed by atoms with E-state index in [0.717, 1.165) is 77.3 Å². The first-order chi connectivity index (χ1) is 30.7. The van der Waals surface area contributed by atoms with Crippen LogP contribution in [0.25, 0.3) is 10.9 Å². The van der Waals surface area contributed by atoms with Crippen LogP contribution < -0.4 is 24.8 Å². The van der Waals surface area contributed by atoms with Crippen LogP contribution in [0.15, 0.2) is 30.9 Å². The lowest BCUT2D eigenvalue weighted by molar-refractivity contribution is -0.142. The summed E-state index contributed by atoms with van der Waals surface area (Å²) in [6.45, 7) is 7.05. The van der Waals surface area contributed by atoms with Gasteiger partial charge in [-0.2, -0.15) is 0 Å². The minimum absolute atomic E-state index is 0.0302. The number of piperidine rings is 1. The Balaban J connectivity index is 1.08. The summed E-state index contributed by atoms with van der Waals surface area (Å²) in [4.78, 5) is 65.8. The molecule has 4 aliphatic carbocycles. The van der Waals surface area contributed by atoms with E-state index in [4.69, 9.17) is 19.2 Å². The van der Waals surface area contributed by atoms with Crippen LogP contribution >= 0.6 is 0 Å². The average Bonchev–Trinajstić information content (AvgIpc) is 4.15. The maximum Gasteiger partial charge on any atom is 0.408 e. The van der Waals surface area contributed by atoms with Gasteiger partial charge in [-0.25, -0.2) is 22.6 Å². The lowest BCUT2D eigenvalue weighted by Crippen LogP contribution is -2.59. The molecule has 1 aromatic carbocycles. The van der Waals surface area contributed by atoms with Crippen LogP contribution in [0.2, 0.25) is 0 Å². The normalized spacial score (nSPS) is 31.5. The first-order valence-electron chi connectivity index (χ1n) is 23.6. The molecule has 6 fully saturated rings. The second kappa shape index (κ2) is 17.7. The smallest absolute Gasteiger partial charge is 0.408 e. The van der Waals surface area contributed by atoms with Gasteiger partial charge in [-0.05, 0) is 109 Å². The highest BCUT2D eigenvalue weighted by Crippen LogP contribution is 2.48. The van der Waals surface area contributed by atoms with Gasteiger partial charge in [0.1, 0.15) is 53.0 Å². The Morgan fingerprint density at radius 1 is 1.00 bits per heavy atom. The first-order valence-corrected chi connectivity index (χ1v) is 25.1. The van der Waals surface area contributed by atoms with Crippen molar-refractivity contribution in [1.29, 1.82) is 0 Å². The van der Waals surface area contributed by atoms with E-state index in [9.17, 15) is 22.8 Å². The number of fused-ring (bicyclic) bond motifs is 8. The number of carbonyl (C=O) groups excluding carboxylic acids is 4. The predicted molar refractivity (Wildman–Crippen MR) is 235 cm³/mol. The summed E-state index contributed by atoms with van der Waals surface area (Å²) in [5, 5.41) is 6.35. The third-order valence-corrected chi connectivity index (χ3v) is 17.5. The molecule has 2 aromatic rings. The summed E-state index contributed by atoms with van der Waals surface area (Å²) in [5.41, 5.74) is -0.800. The summed E-state index contributed by atoms with van der Waals surface area (Å²) in [5.74, 6) is -2.21. The van der Waals surface area contributed by atoms with Gasteiger partial charge in [0.2, 0.25) is 27.7 Å². The van der Waals surface area contributed by atoms with Gasteiger partial charge in [0.15, 0.2) is 0 Å². The van der Waals surface area contributed by atoms with Crippen LogP contribution in [0.3, 0.4) is 0 Å². The van der Waals surface area contributed by atoms with Gasteiger partial charge in [-0.3, -0.25) is 19.1 Å². The van der Waals surface area contributed by atoms with Crippen molar-refractivity contribution in [3.8, 4) is 11.6 Å². The molecule has 4 aliphatic heterocycles. The van der Waals surface area contributed by atoms with E-state index < -0.39 is 74.0 Å². The minimum atomic E-state index is -4.04. The molecule has 2 saturated heterocycles. The minimum Gasteiger partial charge on any atom is -0.489 e. The number of likely N-dealkylation sites (tertiary alicyclic amines) is 1. The molecule has 4 amide bonds. The molecule has 2 unspecified atom stereocenters. The van der Waals surface area contributed by atoms with E-state index in [2.05, 4.69) is 33.9 Å². The van der Waals surface area contributed by atoms with E-state index in [1.165, 1.54) is 17.0 Å². The molecule has 4 bridgehead atoms. The summed E-state index contributed by atoms with van der Waals surface area (Å²) in [6, 6.07) is 2.63. The molecule has 10 rings (SSSR count). The summed E-state index contributed by atoms with van der Waals surface area (Å²) >= 11 is 0. The standard InChI is InChI=1S/C47H63FN6O9S/c1-4-30-26-47(30,44(57)52-64(59,60)46(2)19-20-46)51-41(55)37-25-33-27-54(37)43(56)38(29-12-6-5-7-13-29)50-45(58)63-32-23-28(24-32)11-8-9-14-35-40(61-31-17-21-53(3)22-18-31)34-15-10-16-36(48)39(34)49-42(35)62-33/h4,10,15-16,28-33,37-38H,1,5-9,11-14,17-27H2,2-3H3,(H,50,58)(H,51,55)(H,52,57)/t28?,30?,32?,33-,37+,38+,47?/m1/s1. The van der Waals surface area contributed by atoms with Crippen LogP contribution in [-0.4, -0.2) is 114 Å². The molecule has 5 atom stereocenters. The molecule has 17 heteroatoms. The number of para-hydroxylation sites is 1. The molecular weight excluding hydrogens is 844 g/mol. The molecule has 5 heterocycles. The predicted octanol–water partition coefficient (Wildman–Crippen LogP) is 5.43. The highest BCUT2D eigenvalue weighted by Gasteiger charge is 2.63. The number of amides is 4. The van der Waals surface area contributed by atoms with E-state index in [1.54, 1.807) is 13.0 Å². The number of benzene rings is 1. The fraction of sp³-hybridized carbons (Fsp3) is 0.681. The number of nitrogens with one attached hydrogen (secondary N) is 3. The zero-order chi connectivity index (χ0) is 45.0. The number of pyridine rings is 1. The maximum atomic E-state index is 15.8. The first kappa shape index (κ1) is 44.7. The zero-order valence-electron chi connectivity index (χ0n) is 37.1. The van der Waals surface area contributed by atoms with Crippen molar-refractivity contribution in [2.24, 2.45) is 17.8 Å². The Morgan fingerprint density at radius 2 is 1.73 bits per heavy atom. The number of carbonyl (C=O) groups is 4. The Hall–Kier alpha value is -4.51. The van der Waals surface area contributed by atoms with Crippen molar-refractivity contribution in [2.45, 2.75) is 157 Å². The molecular formula is C47H63FN6O9S. The second-order valence-electron chi connectivity index (χ2n) is 20.0. The number of ether oxygens (including phenoxy) is 3. The Kier molecular flexibility index (Phi) is 12.4. The van der Waals surface area contributed by atoms with Crippen molar-refractivity contribution >= 4 is 44.7 Å². The fourth-order valence-electron chi connectivity index (χ4n) is 10.7. The van der Waals surface area contributed by atoms with E-state index in [-0.39, 0.29) is 48.9 Å². The Morgan fingerprint density at radius 3 is 2.44 bits per heavy atom. The SMILES string of the molecule is C=CC1CC1(NC(=O)[C@@H]1C[C@@H]2CN1C(=O)[C@H](C1CCCCC1)NC(=O)OC1CC(CCCCc3c(nc4c(F)cccc4c3OC3CCN(C)CC3)O2)C1)C(=O)NS(=O)(=O)C1(C)CC1. The summed E-state index contributed by atoms with van der Waals surface area (Å²) < 4.78 is 63.0. The van der Waals surface area contributed by atoms with Gasteiger partial charge < -0.3 is 34.6 Å². The van der Waals surface area contributed by atoms with E-state index in [0.29, 0.717) is 54.7 Å². The van der Waals surface area contributed by atoms with Gasteiger partial charge in [0, 0.05) is 30.8 Å². The van der Waals surface area contributed by atoms with Gasteiger partial charge >= 0.3 is 6.09 Å². The molecule has 64 heavy (non-hydrogen) atoms. The molecule has 8 aliphatic rings. The highest BCUT2D eigenvalue weighted by molar-refractivity contribution is 7.91. The van der Waals surface area contributed by atoms with Crippen molar-refractivity contribution < 1.29 is 46.2 Å². The van der Waals surface area contributed by atoms with E-state index >= 15 is 9.18 Å². The number of rotatable bonds is 9. The van der Waals surface area contributed by atoms with Gasteiger partial charge in [-0.15, -0.1) is 6.58 Å². The van der Waals surface area contributed by atoms with E-state index in [1.807, 2.05) is 6.07 Å². The summed E-state index contributed by atoms with van der Waals surface area (Å²) in [7, 11) is -1.96. The third kappa shape index (κ3) is 8.91. The van der Waals surface area contributed by atoms with Gasteiger partial charge in [0.25, 0.3) is 5.91 Å². The molecule has 0 spiro atoms. The van der Waals surface area contributed by atoms with Crippen LogP contribution in [0.5, 0.6) is 11.6 Å². The van der Waals surface area contributed by atoms with Crippen molar-refractivity contribution in [2.75, 3.05) is 26.7 Å². The van der Waals surface area contributed by atoms with Crippen molar-refractivity contribution in [3.63, 3.8) is 0 Å². The third-order valence-electron chi connectivity index (χ3n) is 15.4. The van der Waals surface area contributed by atoms with Crippen LogP contribution in [0.4, 0.5) is 9.18 Å². The second-order valence-corrected chi connectivity index (χ2v) is 22.2. The lowest BCUT2D eigenvalue weighted by Gasteiger charge is -2.37. The molecule has 15 nitrogen and oxygen atoms in total. The average molecular weight is 907 g/mol. The number of aromatic nitrogens is 1. The van der Waals surface area contributed by atoms with Crippen LogP contribution in [0.1, 0.15) is 115 Å². The fourth-order valence-corrected chi connectivity index (χ4v) is 12.0. The lowest BCUT2D eigenvalue weighted by atomic mass is 9.79. The number of hydrogen-bond donors (Lipinski definition) is 3. The van der Waals surface area contributed by atoms with Crippen LogP contribution in [-0.2, 0) is 35.6 Å². The maximum absolute atomic E-state index is 15.8. The van der Waals surface area contributed by atoms with Gasteiger partial charge in [0.05, 0.1) is 16.9 Å². The number of nitrogens with zero attached hydrogens (tertiary/aromatic N) is 3. The Bertz CT molecular complexity index is 2270. The number of alkyl carbamates (subject to hydrolysis) is 1. The van der Waals surface area contributed by atoms with Gasteiger partial charge in [-0.1, -0.05) is 44.2 Å². The monoisotopic (exact) mass is 906 g/mol. The van der Waals surface area contributed by atoms with Crippen molar-refractivity contribution in [3.05, 3.63) is 42.2 Å².